The van der Waals surface area contributed by atoms with Gasteiger partial charge in [-0.2, -0.15) is 0 Å². The van der Waals surface area contributed by atoms with Crippen molar-refractivity contribution in [3.8, 4) is 10.4 Å². The van der Waals surface area contributed by atoms with Gasteiger partial charge in [-0.15, -0.1) is 0 Å². The molecule has 0 spiro atoms. The van der Waals surface area contributed by atoms with Gasteiger partial charge in [-0.05, 0) is 11.6 Å². The summed E-state index contributed by atoms with van der Waals surface area (Å²) in [6, 6.07) is 12.4. The first kappa shape index (κ1) is 11.6. The van der Waals surface area contributed by atoms with Crippen LogP contribution in [-0.2, 0) is 0 Å². The van der Waals surface area contributed by atoms with Crippen LogP contribution in [0.4, 0.5) is 0 Å². The second-order valence-electron chi connectivity index (χ2n) is 2.36. The lowest BCUT2D eigenvalue weighted by Gasteiger charge is -1.92. The van der Waals surface area contributed by atoms with Crippen LogP contribution in [0.3, 0.4) is 0 Å². The highest BCUT2D eigenvalue weighted by atomic mass is 32.9. The smallest absolute Gasteiger partial charge is 0.0786 e. The molecular formula is C11H12S3. The largest absolute Gasteiger partial charge is 0.102 e. The molecule has 0 saturated heterocycles. The summed E-state index contributed by atoms with van der Waals surface area (Å²) in [6.45, 7) is 4.00. The second kappa shape index (κ2) is 6.06. The molecule has 0 atom stereocenters. The quantitative estimate of drug-likeness (QED) is 0.485. The Morgan fingerprint density at radius 1 is 1.00 bits per heavy atom. The molecule has 74 valence electrons. The van der Waals surface area contributed by atoms with Crippen LogP contribution in [0.2, 0.25) is 0 Å². The van der Waals surface area contributed by atoms with Crippen LogP contribution in [0.25, 0.3) is 10.4 Å². The first-order valence-corrected chi connectivity index (χ1v) is 7.08. The molecule has 3 heteroatoms. The molecule has 0 aliphatic rings. The van der Waals surface area contributed by atoms with E-state index in [9.17, 15) is 0 Å². The number of hydrogen-bond donors (Lipinski definition) is 0. The fourth-order valence-electron chi connectivity index (χ4n) is 0.975. The zero-order valence-corrected chi connectivity index (χ0v) is 10.6. The van der Waals surface area contributed by atoms with Gasteiger partial charge in [-0.25, -0.2) is 0 Å². The maximum Gasteiger partial charge on any atom is 0.102 e. The van der Waals surface area contributed by atoms with Gasteiger partial charge >= 0.3 is 0 Å². The monoisotopic (exact) mass is 240 g/mol. The van der Waals surface area contributed by atoms with Gasteiger partial charge in [-0.1, -0.05) is 77.1 Å². The van der Waals surface area contributed by atoms with Crippen LogP contribution >= 0.6 is 32.9 Å². The Hall–Kier alpha value is -0.510. The summed E-state index contributed by atoms with van der Waals surface area (Å²) >= 11 is 5.06. The van der Waals surface area contributed by atoms with Crippen molar-refractivity contribution in [2.45, 2.75) is 13.8 Å². The van der Waals surface area contributed by atoms with Crippen molar-refractivity contribution in [2.24, 2.45) is 0 Å². The van der Waals surface area contributed by atoms with Crippen molar-refractivity contribution in [3.05, 3.63) is 40.2 Å². The average molecular weight is 240 g/mol. The fraction of sp³-hybridized carbons (Fsp3) is 0.182. The topological polar surface area (TPSA) is 0 Å². The van der Waals surface area contributed by atoms with E-state index >= 15 is 0 Å². The Morgan fingerprint density at radius 2 is 1.64 bits per heavy atom. The normalized spacial score (nSPS) is 9.00. The van der Waals surface area contributed by atoms with Crippen LogP contribution in [-0.4, -0.2) is 0 Å². The lowest BCUT2D eigenvalue weighted by molar-refractivity contribution is 1.50. The highest BCUT2D eigenvalue weighted by Gasteiger charge is 1.97. The van der Waals surface area contributed by atoms with Crippen molar-refractivity contribution >= 4 is 32.9 Å². The molecule has 0 saturated carbocycles. The Bertz CT molecular complexity index is 411. The standard InChI is InChI=1S/C9H6S3.C2H6/c10-9-6-8(11-12-9)7-4-2-1-3-5-7;1-2/h1-6H;1-2H3. The highest BCUT2D eigenvalue weighted by molar-refractivity contribution is 7.80. The van der Waals surface area contributed by atoms with Crippen LogP contribution in [0, 0.1) is 3.82 Å². The molecule has 0 radical (unpaired) electrons. The molecule has 1 heterocycles. The Kier molecular flexibility index (Phi) is 5.01. The van der Waals surface area contributed by atoms with Gasteiger partial charge in [0.15, 0.2) is 0 Å². The molecule has 2 aromatic rings. The fourth-order valence-corrected chi connectivity index (χ4v) is 3.38. The summed E-state index contributed by atoms with van der Waals surface area (Å²) in [5.74, 6) is 0. The van der Waals surface area contributed by atoms with E-state index in [1.54, 1.807) is 20.7 Å². The minimum absolute atomic E-state index is 0.971. The predicted molar refractivity (Wildman–Crippen MR) is 69.8 cm³/mol. The van der Waals surface area contributed by atoms with Crippen molar-refractivity contribution in [3.63, 3.8) is 0 Å². The summed E-state index contributed by atoms with van der Waals surface area (Å²) in [4.78, 5) is 1.27. The lowest BCUT2D eigenvalue weighted by atomic mass is 10.2. The molecule has 0 aliphatic carbocycles. The van der Waals surface area contributed by atoms with Gasteiger partial charge in [-0.3, -0.25) is 0 Å². The molecule has 0 bridgehead atoms. The van der Waals surface area contributed by atoms with Crippen LogP contribution in [0.1, 0.15) is 13.8 Å². The predicted octanol–water partition coefficient (Wildman–Crippen LogP) is 5.23. The molecule has 0 amide bonds. The van der Waals surface area contributed by atoms with E-state index in [1.165, 1.54) is 10.4 Å². The van der Waals surface area contributed by atoms with Gasteiger partial charge < -0.3 is 0 Å². The molecule has 0 unspecified atom stereocenters. The molecular weight excluding hydrogens is 228 g/mol. The second-order valence-corrected chi connectivity index (χ2v) is 5.27. The van der Waals surface area contributed by atoms with Gasteiger partial charge in [0, 0.05) is 4.88 Å². The maximum atomic E-state index is 5.06. The van der Waals surface area contributed by atoms with E-state index in [2.05, 4.69) is 18.2 Å². The minimum atomic E-state index is 0.971. The van der Waals surface area contributed by atoms with E-state index in [-0.39, 0.29) is 0 Å². The summed E-state index contributed by atoms with van der Waals surface area (Å²) in [5.41, 5.74) is 1.26. The molecule has 0 aliphatic heterocycles. The Labute approximate surface area is 97.3 Å². The van der Waals surface area contributed by atoms with E-state index in [0.717, 1.165) is 3.82 Å². The summed E-state index contributed by atoms with van der Waals surface area (Å²) in [7, 11) is 3.40. The maximum absolute atomic E-state index is 5.06. The van der Waals surface area contributed by atoms with Gasteiger partial charge in [0.2, 0.25) is 0 Å². The third kappa shape index (κ3) is 3.01. The van der Waals surface area contributed by atoms with E-state index in [0.29, 0.717) is 0 Å². The lowest BCUT2D eigenvalue weighted by Crippen LogP contribution is -1.67. The SMILES string of the molecule is CC.S=c1cc(-c2ccccc2)ss1. The number of benzene rings is 1. The van der Waals surface area contributed by atoms with E-state index in [4.69, 9.17) is 12.2 Å². The van der Waals surface area contributed by atoms with Crippen molar-refractivity contribution in [2.75, 3.05) is 0 Å². The van der Waals surface area contributed by atoms with E-state index < -0.39 is 0 Å². The van der Waals surface area contributed by atoms with E-state index in [1.807, 2.05) is 32.0 Å². The molecule has 14 heavy (non-hydrogen) atoms. The van der Waals surface area contributed by atoms with Gasteiger partial charge in [0.05, 0.1) is 0 Å². The first-order chi connectivity index (χ1) is 6.86. The van der Waals surface area contributed by atoms with Gasteiger partial charge in [0.1, 0.15) is 3.82 Å². The molecule has 0 nitrogen and oxygen atoms in total. The van der Waals surface area contributed by atoms with Crippen LogP contribution < -0.4 is 0 Å². The number of rotatable bonds is 1. The van der Waals surface area contributed by atoms with Crippen LogP contribution in [0.15, 0.2) is 36.4 Å². The van der Waals surface area contributed by atoms with Crippen molar-refractivity contribution < 1.29 is 0 Å². The molecule has 0 N–H and O–H groups in total. The summed E-state index contributed by atoms with van der Waals surface area (Å²) in [6.07, 6.45) is 0. The molecule has 1 aromatic carbocycles. The zero-order valence-electron chi connectivity index (χ0n) is 8.19. The van der Waals surface area contributed by atoms with Crippen LogP contribution in [0.5, 0.6) is 0 Å². The third-order valence-electron chi connectivity index (χ3n) is 1.52. The van der Waals surface area contributed by atoms with Gasteiger partial charge in [0.25, 0.3) is 0 Å². The number of hydrogen-bond acceptors (Lipinski definition) is 3. The Morgan fingerprint density at radius 3 is 2.14 bits per heavy atom. The molecule has 0 fully saturated rings. The zero-order chi connectivity index (χ0) is 10.4. The Balaban J connectivity index is 0.000000461. The molecule has 1 aromatic heterocycles. The molecule has 2 rings (SSSR count). The summed E-state index contributed by atoms with van der Waals surface area (Å²) in [5, 5.41) is 0. The minimum Gasteiger partial charge on any atom is -0.0786 e. The highest BCUT2D eigenvalue weighted by Crippen LogP contribution is 2.28. The average Bonchev–Trinajstić information content (AvgIpc) is 2.69. The van der Waals surface area contributed by atoms with Crippen molar-refractivity contribution in [1.82, 2.24) is 0 Å². The third-order valence-corrected chi connectivity index (χ3v) is 4.43. The summed E-state index contributed by atoms with van der Waals surface area (Å²) < 4.78 is 0.971. The first-order valence-electron chi connectivity index (χ1n) is 4.52. The van der Waals surface area contributed by atoms with Crippen molar-refractivity contribution in [1.29, 1.82) is 0 Å².